The van der Waals surface area contributed by atoms with E-state index >= 15 is 0 Å². The monoisotopic (exact) mass is 336 g/mol. The smallest absolute Gasteiger partial charge is 0.317 e. The minimum absolute atomic E-state index is 0.0180. The topological polar surface area (TPSA) is 75.5 Å². The quantitative estimate of drug-likeness (QED) is 0.873. The Hall–Kier alpha value is -1.67. The van der Waals surface area contributed by atoms with Crippen LogP contribution in [0.3, 0.4) is 0 Å². The van der Waals surface area contributed by atoms with E-state index in [1.165, 1.54) is 12.8 Å². The summed E-state index contributed by atoms with van der Waals surface area (Å²) in [5.41, 5.74) is 0. The predicted molar refractivity (Wildman–Crippen MR) is 89.5 cm³/mol. The fourth-order valence-corrected chi connectivity index (χ4v) is 3.50. The van der Waals surface area contributed by atoms with Crippen molar-refractivity contribution in [2.75, 3.05) is 45.9 Å². The Bertz CT molecular complexity index is 548. The Morgan fingerprint density at radius 2 is 2.29 bits per heavy atom. The third-order valence-electron chi connectivity index (χ3n) is 4.83. The van der Waals surface area contributed by atoms with Crippen molar-refractivity contribution in [3.05, 3.63) is 12.2 Å². The number of carbonyl (C=O) groups excluding carboxylic acids is 1. The molecule has 2 fully saturated rings. The van der Waals surface area contributed by atoms with Gasteiger partial charge in [-0.25, -0.2) is 4.79 Å². The van der Waals surface area contributed by atoms with E-state index in [9.17, 15) is 4.79 Å². The number of amides is 2. The zero-order valence-electron chi connectivity index (χ0n) is 14.6. The summed E-state index contributed by atoms with van der Waals surface area (Å²) in [4.78, 5) is 16.6. The highest BCUT2D eigenvalue weighted by molar-refractivity contribution is 5.74. The molecule has 2 saturated heterocycles. The number of nitrogens with zero attached hydrogens (tertiary/aromatic N) is 5. The molecule has 8 nitrogen and oxygen atoms in total. The SMILES string of the molecule is C[C@@H]1CCCN(CCNC(=O)N2CCO[C@H](c3nncn3C)C2)C1. The Kier molecular flexibility index (Phi) is 5.68. The maximum Gasteiger partial charge on any atom is 0.317 e. The van der Waals surface area contributed by atoms with Crippen LogP contribution in [0.15, 0.2) is 6.33 Å². The number of piperidine rings is 1. The van der Waals surface area contributed by atoms with Crippen molar-refractivity contribution in [1.82, 2.24) is 29.9 Å². The van der Waals surface area contributed by atoms with Gasteiger partial charge >= 0.3 is 6.03 Å². The van der Waals surface area contributed by atoms with Gasteiger partial charge in [-0.3, -0.25) is 0 Å². The fraction of sp³-hybridized carbons (Fsp3) is 0.812. The highest BCUT2D eigenvalue weighted by Gasteiger charge is 2.28. The molecule has 0 spiro atoms. The Morgan fingerprint density at radius 3 is 3.04 bits per heavy atom. The van der Waals surface area contributed by atoms with Crippen molar-refractivity contribution in [3.8, 4) is 0 Å². The van der Waals surface area contributed by atoms with E-state index < -0.39 is 0 Å². The molecule has 1 N–H and O–H groups in total. The van der Waals surface area contributed by atoms with Gasteiger partial charge in [-0.15, -0.1) is 10.2 Å². The molecule has 2 atom stereocenters. The fourth-order valence-electron chi connectivity index (χ4n) is 3.50. The summed E-state index contributed by atoms with van der Waals surface area (Å²) in [7, 11) is 1.89. The number of ether oxygens (including phenoxy) is 1. The molecule has 2 amide bonds. The Morgan fingerprint density at radius 1 is 1.42 bits per heavy atom. The van der Waals surface area contributed by atoms with E-state index in [-0.39, 0.29) is 12.1 Å². The van der Waals surface area contributed by atoms with Gasteiger partial charge in [0.15, 0.2) is 5.82 Å². The lowest BCUT2D eigenvalue weighted by atomic mass is 10.0. The minimum atomic E-state index is -0.208. The minimum Gasteiger partial charge on any atom is -0.366 e. The van der Waals surface area contributed by atoms with Crippen LogP contribution in [0.25, 0.3) is 0 Å². The first-order chi connectivity index (χ1) is 11.6. The normalized spacial score (nSPS) is 25.7. The molecule has 0 bridgehead atoms. The largest absolute Gasteiger partial charge is 0.366 e. The van der Waals surface area contributed by atoms with Crippen LogP contribution in [0.5, 0.6) is 0 Å². The van der Waals surface area contributed by atoms with Gasteiger partial charge in [0.05, 0.1) is 13.2 Å². The van der Waals surface area contributed by atoms with Gasteiger partial charge in [-0.05, 0) is 25.3 Å². The van der Waals surface area contributed by atoms with Crippen LogP contribution in [0.4, 0.5) is 4.79 Å². The van der Waals surface area contributed by atoms with E-state index in [1.807, 2.05) is 16.5 Å². The number of hydrogen-bond donors (Lipinski definition) is 1. The van der Waals surface area contributed by atoms with Crippen LogP contribution in [-0.4, -0.2) is 76.5 Å². The second kappa shape index (κ2) is 7.94. The molecular weight excluding hydrogens is 308 g/mol. The molecule has 8 heteroatoms. The van der Waals surface area contributed by atoms with Crippen molar-refractivity contribution in [2.45, 2.75) is 25.9 Å². The van der Waals surface area contributed by atoms with Crippen LogP contribution in [0, 0.1) is 5.92 Å². The second-order valence-electron chi connectivity index (χ2n) is 6.89. The number of nitrogens with one attached hydrogen (secondary N) is 1. The van der Waals surface area contributed by atoms with E-state index in [2.05, 4.69) is 27.3 Å². The molecule has 24 heavy (non-hydrogen) atoms. The number of aryl methyl sites for hydroxylation is 1. The third kappa shape index (κ3) is 4.24. The van der Waals surface area contributed by atoms with Crippen molar-refractivity contribution in [1.29, 1.82) is 0 Å². The zero-order valence-corrected chi connectivity index (χ0v) is 14.6. The molecule has 2 aliphatic heterocycles. The summed E-state index contributed by atoms with van der Waals surface area (Å²) >= 11 is 0. The Labute approximate surface area is 143 Å². The summed E-state index contributed by atoms with van der Waals surface area (Å²) in [5, 5.41) is 11.0. The van der Waals surface area contributed by atoms with Crippen molar-refractivity contribution >= 4 is 6.03 Å². The molecule has 134 valence electrons. The highest BCUT2D eigenvalue weighted by Crippen LogP contribution is 2.19. The van der Waals surface area contributed by atoms with Crippen LogP contribution >= 0.6 is 0 Å². The number of likely N-dealkylation sites (tertiary alicyclic amines) is 1. The summed E-state index contributed by atoms with van der Waals surface area (Å²) < 4.78 is 7.58. The molecule has 1 aromatic rings. The van der Waals surface area contributed by atoms with Gasteiger partial charge in [-0.2, -0.15) is 0 Å². The Balaban J connectivity index is 1.44. The maximum absolute atomic E-state index is 12.4. The number of hydrogen-bond acceptors (Lipinski definition) is 5. The van der Waals surface area contributed by atoms with E-state index in [0.717, 1.165) is 31.4 Å². The molecule has 1 aromatic heterocycles. The summed E-state index contributed by atoms with van der Waals surface area (Å²) in [6, 6.07) is -0.0180. The summed E-state index contributed by atoms with van der Waals surface area (Å²) in [5.74, 6) is 1.52. The number of aromatic nitrogens is 3. The van der Waals surface area contributed by atoms with Crippen LogP contribution in [-0.2, 0) is 11.8 Å². The van der Waals surface area contributed by atoms with Crippen molar-refractivity contribution in [2.24, 2.45) is 13.0 Å². The lowest BCUT2D eigenvalue weighted by Crippen LogP contribution is -2.49. The molecule has 0 saturated carbocycles. The van der Waals surface area contributed by atoms with Crippen molar-refractivity contribution in [3.63, 3.8) is 0 Å². The van der Waals surface area contributed by atoms with Crippen LogP contribution in [0.2, 0.25) is 0 Å². The lowest BCUT2D eigenvalue weighted by molar-refractivity contribution is -0.0214. The first-order valence-corrected chi connectivity index (χ1v) is 8.84. The number of urea groups is 1. The van der Waals surface area contributed by atoms with E-state index in [0.29, 0.717) is 26.2 Å². The molecule has 3 rings (SSSR count). The van der Waals surface area contributed by atoms with Gasteiger partial charge < -0.3 is 24.4 Å². The van der Waals surface area contributed by atoms with Gasteiger partial charge in [0.2, 0.25) is 0 Å². The summed E-state index contributed by atoms with van der Waals surface area (Å²) in [6.07, 6.45) is 4.02. The second-order valence-corrected chi connectivity index (χ2v) is 6.89. The van der Waals surface area contributed by atoms with Crippen molar-refractivity contribution < 1.29 is 9.53 Å². The van der Waals surface area contributed by atoms with Gasteiger partial charge in [-0.1, -0.05) is 6.92 Å². The standard InChI is InChI=1S/C16H28N6O2/c1-13-4-3-6-21(10-13)7-5-17-16(23)22-8-9-24-14(11-22)15-19-18-12-20(15)2/h12-14H,3-11H2,1-2H3,(H,17,23)/t13-,14+/m1/s1. The highest BCUT2D eigenvalue weighted by atomic mass is 16.5. The molecule has 0 radical (unpaired) electrons. The van der Waals surface area contributed by atoms with Gasteiger partial charge in [0, 0.05) is 33.2 Å². The summed E-state index contributed by atoms with van der Waals surface area (Å²) in [6.45, 7) is 7.85. The van der Waals surface area contributed by atoms with Crippen LogP contribution in [0.1, 0.15) is 31.7 Å². The molecule has 0 unspecified atom stereocenters. The number of morpholine rings is 1. The predicted octanol–water partition coefficient (Wildman–Crippen LogP) is 0.630. The maximum atomic E-state index is 12.4. The zero-order chi connectivity index (χ0) is 16.9. The third-order valence-corrected chi connectivity index (χ3v) is 4.83. The number of carbonyl (C=O) groups is 1. The van der Waals surface area contributed by atoms with Gasteiger partial charge in [0.25, 0.3) is 0 Å². The molecule has 0 aromatic carbocycles. The first-order valence-electron chi connectivity index (χ1n) is 8.84. The first kappa shape index (κ1) is 17.2. The number of rotatable bonds is 4. The molecule has 2 aliphatic rings. The van der Waals surface area contributed by atoms with Crippen LogP contribution < -0.4 is 5.32 Å². The molecule has 3 heterocycles. The van der Waals surface area contributed by atoms with Gasteiger partial charge in [0.1, 0.15) is 12.4 Å². The lowest BCUT2D eigenvalue weighted by Gasteiger charge is -2.33. The average Bonchev–Trinajstić information content (AvgIpc) is 3.01. The molecular formula is C16H28N6O2. The average molecular weight is 336 g/mol. The molecule has 0 aliphatic carbocycles. The van der Waals surface area contributed by atoms with E-state index in [1.54, 1.807) is 6.33 Å². The van der Waals surface area contributed by atoms with E-state index in [4.69, 9.17) is 4.74 Å².